The van der Waals surface area contributed by atoms with Crippen LogP contribution in [0.1, 0.15) is 130 Å². The number of nitrogens with two attached hydrogens (primary N) is 2. The number of hydrogen-bond acceptors (Lipinski definition) is 45. The van der Waals surface area contributed by atoms with Crippen LogP contribution in [0.3, 0.4) is 0 Å². The first-order valence-electron chi connectivity index (χ1n) is 41.1. The van der Waals surface area contributed by atoms with Gasteiger partial charge < -0.3 is 228 Å². The monoisotopic (exact) mass is 1820 g/mol. The largest absolute Gasteiger partial charge is 0.550 e. The molecule has 45 atom stereocenters. The fourth-order valence-corrected chi connectivity index (χ4v) is 14.0. The molecule has 0 saturated carbocycles. The van der Waals surface area contributed by atoms with Crippen LogP contribution in [0.25, 0.3) is 0 Å². The van der Waals surface area contributed by atoms with E-state index in [-0.39, 0.29) is 118 Å². The lowest BCUT2D eigenvalue weighted by molar-refractivity contribution is -0.312. The first-order chi connectivity index (χ1) is 57.3. The van der Waals surface area contributed by atoms with Crippen molar-refractivity contribution in [1.29, 1.82) is 0 Å². The molecule has 0 bridgehead atoms. The summed E-state index contributed by atoms with van der Waals surface area (Å²) in [5, 5.41) is 276. The molecule has 10 aliphatic heterocycles. The van der Waals surface area contributed by atoms with E-state index in [0.29, 0.717) is 6.42 Å². The van der Waals surface area contributed by atoms with Gasteiger partial charge in [0.1, 0.15) is 159 Å². The third-order valence-corrected chi connectivity index (χ3v) is 22.0. The predicted molar refractivity (Wildman–Crippen MR) is 423 cm³/mol. The summed E-state index contributed by atoms with van der Waals surface area (Å²) < 4.78 is 51.4. The number of rotatable bonds is 10. The van der Waals surface area contributed by atoms with Crippen molar-refractivity contribution in [2.75, 3.05) is 39.6 Å². The maximum absolute atomic E-state index is 10.8. The number of hydrogen-bond donors (Lipinski definition) is 33. The Morgan fingerprint density at radius 1 is 0.306 bits per heavy atom. The number of carbonyl (C=O) groups is 4. The Morgan fingerprint density at radius 3 is 0.911 bits per heavy atom. The Bertz CT molecular complexity index is 2800. The molecule has 3 amide bonds. The Balaban J connectivity index is 0.000000690. The van der Waals surface area contributed by atoms with Gasteiger partial charge in [-0.1, -0.05) is 0 Å². The molecule has 0 aliphatic carbocycles. The topological polar surface area (TPSA) is 838 Å². The summed E-state index contributed by atoms with van der Waals surface area (Å²) in [6.07, 6.45) is -34.4. The summed E-state index contributed by atoms with van der Waals surface area (Å²) in [4.78, 5) is 42.6. The second-order valence-electron chi connectivity index (χ2n) is 32.5. The molecule has 10 saturated heterocycles. The van der Waals surface area contributed by atoms with Crippen LogP contribution in [0.2, 0.25) is 0 Å². The molecule has 0 aromatic carbocycles. The fraction of sp³-hybridized carbons (Fsp3) is 0.947. The van der Waals surface area contributed by atoms with Crippen LogP contribution in [0.15, 0.2) is 0 Å². The van der Waals surface area contributed by atoms with Crippen molar-refractivity contribution in [3.05, 3.63) is 0 Å². The molecule has 10 rings (SSSR count). The van der Waals surface area contributed by atoms with Gasteiger partial charge >= 0.3 is 0 Å². The smallest absolute Gasteiger partial charge is 0.217 e. The maximum atomic E-state index is 10.8. The SMILES string of the molecule is CC(=O)NC1C(O)C(C)OC(C)C1O.CC(=O)NC1CC(C)OC(C)C1O.CC(=O)NCC1OC(C)C(O)C(O)C1O.CC1CC(N)C(O)C(C)O1.CC1OC(C)C(O)C(N)C1O.CC1OC(CC(=O)[O-])C(O)C(O)C1O.CC1OC(CO)C(O)C(O)C1O.CC1OC(CO)C(O)C(O)C1O.CC1OC(CO)C(O)C(O)C1O.OCC1OCC(O)C(O)C1O. The standard InChI is InChI=1S/C9H17NO5.C9H17NO4.C9H17NO3.C8H14O6.C7H15NO3.C7H15NO2.3C7H14O5.C6H12O5/c1-4-7(12)9(14)8(13)6(15-4)3-10-5(2)11;1-4-8(12)7(10-6(3)11)9(13)5(2)14-4;1-5-4-8(10-7(3)11)9(12)6(2)13-5;1-3-6(11)8(13)7(12)4(14-3)2-5(9)10;1-3-6(9)5(8)7(10)4(2)11-3;1-4-3-6(8)7(9)5(2)10-4;3*1-3-5(9)7(11)6(10)4(2-8)12-3;7-1-4-6(10)5(9)3(8)2-11-4/h4,6-9,12-14H,3H2,1-2H3,(H,10,11);4-5,7-9,12-13H,1-3H3,(H,10,11);5-6,8-9,12H,4H2,1-3H3,(H,10,11);3-4,6-8,11-13H,2H2,1H3,(H,9,10);3-7,9-10H,8H2,1-2H3;4-7,9H,3,8H2,1-2H3;3*3-11H,2H2,1H3;3-10H,1-2H2/p-1. The highest BCUT2D eigenvalue weighted by Crippen LogP contribution is 2.28. The van der Waals surface area contributed by atoms with Crippen LogP contribution < -0.4 is 32.5 Å². The lowest BCUT2D eigenvalue weighted by Crippen LogP contribution is -2.62. The molecule has 0 aromatic rings. The van der Waals surface area contributed by atoms with Gasteiger partial charge in [-0.15, -0.1) is 0 Å². The van der Waals surface area contributed by atoms with Gasteiger partial charge in [0, 0.05) is 45.7 Å². The molecule has 48 nitrogen and oxygen atoms in total. The van der Waals surface area contributed by atoms with E-state index in [2.05, 4.69) is 16.0 Å². The van der Waals surface area contributed by atoms with Gasteiger partial charge in [0.2, 0.25) is 17.7 Å². The van der Waals surface area contributed by atoms with Gasteiger partial charge in [0.05, 0.1) is 155 Å². The number of amides is 3. The normalized spacial score (nSPS) is 46.0. The predicted octanol–water partition coefficient (Wildman–Crippen LogP) is -16.2. The first-order valence-corrected chi connectivity index (χ1v) is 41.1. The number of aliphatic carboxylic acids is 1. The highest BCUT2D eigenvalue weighted by Gasteiger charge is 2.48. The second kappa shape index (κ2) is 56.9. The highest BCUT2D eigenvalue weighted by molar-refractivity contribution is 5.74. The average Bonchev–Trinajstić information content (AvgIpc) is 0.823. The van der Waals surface area contributed by atoms with Gasteiger partial charge in [0.25, 0.3) is 0 Å². The van der Waals surface area contributed by atoms with Crippen molar-refractivity contribution >= 4 is 23.7 Å². The number of aliphatic hydroxyl groups is 28. The summed E-state index contributed by atoms with van der Waals surface area (Å²) >= 11 is 0. The zero-order valence-electron chi connectivity index (χ0n) is 72.8. The second-order valence-corrected chi connectivity index (χ2v) is 32.5. The molecule has 736 valence electrons. The Kier molecular flexibility index (Phi) is 54.3. The summed E-state index contributed by atoms with van der Waals surface area (Å²) in [7, 11) is 0. The lowest BCUT2D eigenvalue weighted by Gasteiger charge is -2.40. The number of nitrogens with one attached hydrogen (secondary N) is 3. The van der Waals surface area contributed by atoms with Crippen LogP contribution in [-0.2, 0) is 66.5 Å². The van der Waals surface area contributed by atoms with Gasteiger partial charge in [-0.05, 0) is 103 Å². The maximum Gasteiger partial charge on any atom is 0.217 e. The van der Waals surface area contributed by atoms with Crippen molar-refractivity contribution in [3.63, 3.8) is 0 Å². The minimum atomic E-state index is -1.40. The van der Waals surface area contributed by atoms with E-state index < -0.39 is 238 Å². The van der Waals surface area contributed by atoms with Crippen molar-refractivity contribution in [2.24, 2.45) is 11.5 Å². The number of aliphatic hydroxyl groups excluding tert-OH is 28. The zero-order valence-corrected chi connectivity index (χ0v) is 72.8. The molecular formula is C76H148N5O43-. The minimum Gasteiger partial charge on any atom is -0.550 e. The van der Waals surface area contributed by atoms with Crippen LogP contribution in [0.5, 0.6) is 0 Å². The van der Waals surface area contributed by atoms with Crippen molar-refractivity contribution in [2.45, 2.75) is 417 Å². The van der Waals surface area contributed by atoms with Crippen molar-refractivity contribution < 1.29 is 215 Å². The molecule has 0 radical (unpaired) electrons. The van der Waals surface area contributed by atoms with E-state index in [1.54, 1.807) is 55.4 Å². The van der Waals surface area contributed by atoms with E-state index in [4.69, 9.17) is 94.6 Å². The number of carboxylic acid groups (broad SMARTS) is 1. The molecule has 10 heterocycles. The van der Waals surface area contributed by atoms with Crippen LogP contribution in [-0.4, -0.2) is 493 Å². The fourth-order valence-electron chi connectivity index (χ4n) is 14.0. The average molecular weight is 1820 g/mol. The van der Waals surface area contributed by atoms with Gasteiger partial charge in [-0.3, -0.25) is 14.4 Å². The molecule has 45 unspecified atom stereocenters. The number of ether oxygens (including phenoxy) is 10. The van der Waals surface area contributed by atoms with E-state index in [0.717, 1.165) is 6.42 Å². The summed E-state index contributed by atoms with van der Waals surface area (Å²) in [5.41, 5.74) is 11.2. The molecule has 0 spiro atoms. The lowest BCUT2D eigenvalue weighted by atomic mass is 9.94. The number of carbonyl (C=O) groups excluding carboxylic acids is 4. The van der Waals surface area contributed by atoms with Gasteiger partial charge in [-0.25, -0.2) is 0 Å². The van der Waals surface area contributed by atoms with E-state index in [1.165, 1.54) is 27.7 Å². The van der Waals surface area contributed by atoms with Crippen LogP contribution in [0, 0.1) is 0 Å². The van der Waals surface area contributed by atoms with Crippen LogP contribution >= 0.6 is 0 Å². The first kappa shape index (κ1) is 118. The quantitative estimate of drug-likeness (QED) is 0.0966. The third kappa shape index (κ3) is 36.8. The zero-order chi connectivity index (χ0) is 96.0. The Morgan fingerprint density at radius 2 is 0.589 bits per heavy atom. The molecular weight excluding hydrogens is 1670 g/mol. The van der Waals surface area contributed by atoms with Crippen molar-refractivity contribution in [1.82, 2.24) is 16.0 Å². The molecule has 0 aromatic heterocycles. The van der Waals surface area contributed by atoms with E-state index >= 15 is 0 Å². The molecule has 35 N–H and O–H groups in total. The van der Waals surface area contributed by atoms with E-state index in [1.807, 2.05) is 27.7 Å². The van der Waals surface area contributed by atoms with Crippen LogP contribution in [0.4, 0.5) is 0 Å². The molecule has 10 fully saturated rings. The summed E-state index contributed by atoms with van der Waals surface area (Å²) in [6, 6.07) is -1.52. The molecule has 10 aliphatic rings. The highest BCUT2D eigenvalue weighted by atomic mass is 16.6. The van der Waals surface area contributed by atoms with Gasteiger partial charge in [0.15, 0.2) is 0 Å². The molecule has 48 heteroatoms. The molecule has 124 heavy (non-hydrogen) atoms. The minimum absolute atomic E-state index is 0.0521. The van der Waals surface area contributed by atoms with E-state index in [9.17, 15) is 132 Å². The van der Waals surface area contributed by atoms with Gasteiger partial charge in [-0.2, -0.15) is 0 Å². The third-order valence-electron chi connectivity index (χ3n) is 22.0. The number of carboxylic acids is 1. The van der Waals surface area contributed by atoms with Crippen molar-refractivity contribution in [3.8, 4) is 0 Å². The summed E-state index contributed by atoms with van der Waals surface area (Å²) in [6.45, 7) is 25.1. The summed E-state index contributed by atoms with van der Waals surface area (Å²) in [5.74, 6) is -1.98. The Hall–Kier alpha value is -3.72. The Labute approximate surface area is 719 Å².